The van der Waals surface area contributed by atoms with E-state index in [1.807, 2.05) is 0 Å². The smallest absolute Gasteiger partial charge is 0.248 e. The van der Waals surface area contributed by atoms with E-state index in [0.717, 1.165) is 0 Å². The fourth-order valence-electron chi connectivity index (χ4n) is 1.70. The molecule has 0 fully saturated rings. The molecule has 0 saturated carbocycles. The second kappa shape index (κ2) is 7.40. The second-order valence-electron chi connectivity index (χ2n) is 4.57. The van der Waals surface area contributed by atoms with Crippen LogP contribution in [0, 0.1) is 0 Å². The molecular weight excluding hydrogens is 520 g/mol. The predicted molar refractivity (Wildman–Crippen MR) is 83.2 cm³/mol. The molecule has 138 valence electrons. The van der Waals surface area contributed by atoms with Gasteiger partial charge in [-0.3, -0.25) is 0 Å². The zero-order valence-corrected chi connectivity index (χ0v) is 16.3. The minimum atomic E-state index is -6.58. The van der Waals surface area contributed by atoms with E-state index >= 15 is 0 Å². The van der Waals surface area contributed by atoms with E-state index in [1.165, 1.54) is 6.07 Å². The van der Waals surface area contributed by atoms with Gasteiger partial charge in [0, 0.05) is 8.95 Å². The van der Waals surface area contributed by atoms with Gasteiger partial charge in [-0.05, 0) is 34.0 Å². The summed E-state index contributed by atoms with van der Waals surface area (Å²) >= 11 is 11.6. The van der Waals surface area contributed by atoms with Crippen molar-refractivity contribution in [2.75, 3.05) is 0 Å². The van der Waals surface area contributed by atoms with Crippen LogP contribution in [0.15, 0.2) is 19.9 Å². The molecule has 0 aliphatic carbocycles. The molecular formula is C12H8Br2ClF7OS. The van der Waals surface area contributed by atoms with E-state index in [1.54, 1.807) is 6.92 Å². The zero-order chi connectivity index (χ0) is 19.1. The maximum atomic E-state index is 13.8. The van der Waals surface area contributed by atoms with Crippen LogP contribution in [0.2, 0.25) is 5.02 Å². The van der Waals surface area contributed by atoms with Gasteiger partial charge in [0.05, 0.1) is 9.92 Å². The largest absolute Gasteiger partial charge is 0.461 e. The summed E-state index contributed by atoms with van der Waals surface area (Å²) in [5.74, 6) is -6.49. The first-order valence-electron chi connectivity index (χ1n) is 6.10. The van der Waals surface area contributed by atoms with Gasteiger partial charge in [-0.25, -0.2) is 4.21 Å². The molecule has 0 amide bonds. The Balaban J connectivity index is 3.64. The SMILES string of the molecule is CCCc1c(Br)cc(Br)c(Cl)c1S(=O)C(F)(F)C(F)(F)C(F)(F)F. The summed E-state index contributed by atoms with van der Waals surface area (Å²) in [6, 6.07) is 1.30. The van der Waals surface area contributed by atoms with E-state index in [2.05, 4.69) is 31.9 Å². The van der Waals surface area contributed by atoms with Gasteiger partial charge < -0.3 is 0 Å². The summed E-state index contributed by atoms with van der Waals surface area (Å²) < 4.78 is 103. The van der Waals surface area contributed by atoms with Gasteiger partial charge in [-0.15, -0.1) is 0 Å². The first-order chi connectivity index (χ1) is 10.7. The van der Waals surface area contributed by atoms with Gasteiger partial charge in [-0.1, -0.05) is 40.9 Å². The van der Waals surface area contributed by atoms with Crippen molar-refractivity contribution in [1.82, 2.24) is 0 Å². The van der Waals surface area contributed by atoms with Crippen LogP contribution in [0.25, 0.3) is 0 Å². The first-order valence-corrected chi connectivity index (χ1v) is 9.22. The molecule has 0 aliphatic rings. The number of hydrogen-bond donors (Lipinski definition) is 0. The summed E-state index contributed by atoms with van der Waals surface area (Å²) in [7, 11) is -4.05. The molecule has 0 aliphatic heterocycles. The standard InChI is InChI=1S/C12H8Br2ClF7OS/c1-2-3-5-6(13)4-7(14)8(15)9(5)24(23)12(21,22)10(16,17)11(18,19)20/h4H,2-3H2,1H3. The topological polar surface area (TPSA) is 17.1 Å². The summed E-state index contributed by atoms with van der Waals surface area (Å²) in [5.41, 5.74) is -0.123. The van der Waals surface area contributed by atoms with E-state index in [-0.39, 0.29) is 20.9 Å². The van der Waals surface area contributed by atoms with Gasteiger partial charge in [-0.2, -0.15) is 30.7 Å². The van der Waals surface area contributed by atoms with Crippen LogP contribution in [-0.2, 0) is 17.2 Å². The Bertz CT molecular complexity index is 664. The van der Waals surface area contributed by atoms with E-state index in [0.29, 0.717) is 6.42 Å². The fourth-order valence-corrected chi connectivity index (χ4v) is 5.01. The lowest BCUT2D eigenvalue weighted by Crippen LogP contribution is -2.54. The molecule has 12 heteroatoms. The maximum Gasteiger partial charge on any atom is 0.461 e. The Labute approximate surface area is 156 Å². The number of hydrogen-bond acceptors (Lipinski definition) is 1. The molecule has 1 unspecified atom stereocenters. The molecule has 1 nitrogen and oxygen atoms in total. The highest BCUT2D eigenvalue weighted by molar-refractivity contribution is 9.11. The minimum Gasteiger partial charge on any atom is -0.248 e. The Morgan fingerprint density at radius 3 is 2.00 bits per heavy atom. The number of alkyl halides is 7. The zero-order valence-electron chi connectivity index (χ0n) is 11.6. The normalized spacial score (nSPS) is 14.8. The minimum absolute atomic E-state index is 0.0116. The molecule has 0 heterocycles. The molecule has 1 aromatic carbocycles. The summed E-state index contributed by atoms with van der Waals surface area (Å²) in [4.78, 5) is -0.964. The Hall–Kier alpha value is 0.130. The Morgan fingerprint density at radius 2 is 1.58 bits per heavy atom. The Kier molecular flexibility index (Phi) is 6.83. The highest BCUT2D eigenvalue weighted by atomic mass is 79.9. The third-order valence-corrected chi connectivity index (χ3v) is 6.47. The molecule has 24 heavy (non-hydrogen) atoms. The summed E-state index contributed by atoms with van der Waals surface area (Å²) in [5, 5.41) is -6.52. The predicted octanol–water partition coefficient (Wildman–Crippen LogP) is 6.72. The van der Waals surface area contributed by atoms with Gasteiger partial charge in [0.1, 0.15) is 10.8 Å². The van der Waals surface area contributed by atoms with Crippen molar-refractivity contribution in [1.29, 1.82) is 0 Å². The molecule has 1 atom stereocenters. The third kappa shape index (κ3) is 3.78. The van der Waals surface area contributed by atoms with E-state index in [9.17, 15) is 34.9 Å². The van der Waals surface area contributed by atoms with Crippen LogP contribution in [0.5, 0.6) is 0 Å². The monoisotopic (exact) mass is 526 g/mol. The van der Waals surface area contributed by atoms with Crippen LogP contribution in [0.3, 0.4) is 0 Å². The molecule has 0 N–H and O–H groups in total. The maximum absolute atomic E-state index is 13.8. The lowest BCUT2D eigenvalue weighted by molar-refractivity contribution is -0.331. The average Bonchev–Trinajstić information content (AvgIpc) is 2.43. The molecule has 0 saturated heterocycles. The third-order valence-electron chi connectivity index (χ3n) is 2.86. The van der Waals surface area contributed by atoms with Crippen molar-refractivity contribution < 1.29 is 34.9 Å². The highest BCUT2D eigenvalue weighted by Crippen LogP contribution is 2.51. The lowest BCUT2D eigenvalue weighted by Gasteiger charge is -2.28. The van der Waals surface area contributed by atoms with Crippen molar-refractivity contribution in [3.8, 4) is 0 Å². The molecule has 0 aromatic heterocycles. The first kappa shape index (κ1) is 22.2. The van der Waals surface area contributed by atoms with Crippen molar-refractivity contribution in [3.05, 3.63) is 25.6 Å². The molecule has 1 aromatic rings. The number of halogens is 10. The highest BCUT2D eigenvalue weighted by Gasteiger charge is 2.76. The summed E-state index contributed by atoms with van der Waals surface area (Å²) in [6.45, 7) is 1.61. The van der Waals surface area contributed by atoms with Crippen LogP contribution >= 0.6 is 43.5 Å². The quantitative estimate of drug-likeness (QED) is 0.307. The number of benzene rings is 1. The molecule has 1 rings (SSSR count). The van der Waals surface area contributed by atoms with Gasteiger partial charge in [0.2, 0.25) is 0 Å². The van der Waals surface area contributed by atoms with E-state index < -0.39 is 38.1 Å². The van der Waals surface area contributed by atoms with Crippen molar-refractivity contribution >= 4 is 54.3 Å². The lowest BCUT2D eigenvalue weighted by atomic mass is 10.1. The van der Waals surface area contributed by atoms with Crippen molar-refractivity contribution in [2.24, 2.45) is 0 Å². The van der Waals surface area contributed by atoms with Gasteiger partial charge >= 0.3 is 17.4 Å². The van der Waals surface area contributed by atoms with Gasteiger partial charge in [0.15, 0.2) is 0 Å². The molecule has 0 bridgehead atoms. The Morgan fingerprint density at radius 1 is 1.08 bits per heavy atom. The second-order valence-corrected chi connectivity index (χ2v) is 8.11. The molecule has 0 radical (unpaired) electrons. The van der Waals surface area contributed by atoms with E-state index in [4.69, 9.17) is 11.6 Å². The van der Waals surface area contributed by atoms with Crippen molar-refractivity contribution in [2.45, 2.75) is 42.0 Å². The summed E-state index contributed by atoms with van der Waals surface area (Å²) in [6.07, 6.45) is -6.27. The molecule has 0 spiro atoms. The van der Waals surface area contributed by atoms with Crippen LogP contribution in [-0.4, -0.2) is 21.6 Å². The van der Waals surface area contributed by atoms with Gasteiger partial charge in [0.25, 0.3) is 0 Å². The van der Waals surface area contributed by atoms with Crippen LogP contribution in [0.1, 0.15) is 18.9 Å². The average molecular weight is 529 g/mol. The number of rotatable bonds is 5. The van der Waals surface area contributed by atoms with Crippen LogP contribution in [0.4, 0.5) is 30.7 Å². The fraction of sp³-hybridized carbons (Fsp3) is 0.500. The van der Waals surface area contributed by atoms with Crippen molar-refractivity contribution in [3.63, 3.8) is 0 Å². The van der Waals surface area contributed by atoms with Crippen LogP contribution < -0.4 is 0 Å².